The molecule has 1 rings (SSSR count). The minimum atomic E-state index is -0.522. The number of rotatable bonds is 8. The largest absolute Gasteiger partial charge is 0.458 e. The van der Waals surface area contributed by atoms with Crippen LogP contribution in [0.15, 0.2) is 29.2 Å². The van der Waals surface area contributed by atoms with E-state index in [1.165, 1.54) is 11.8 Å². The van der Waals surface area contributed by atoms with Crippen molar-refractivity contribution in [3.05, 3.63) is 29.3 Å². The van der Waals surface area contributed by atoms with Crippen molar-refractivity contribution >= 4 is 35.6 Å². The van der Waals surface area contributed by atoms with Crippen LogP contribution in [-0.2, 0) is 19.1 Å². The van der Waals surface area contributed by atoms with Crippen LogP contribution in [0.4, 0.5) is 0 Å². The van der Waals surface area contributed by atoms with Crippen LogP contribution in [0.1, 0.15) is 27.2 Å². The Hall–Kier alpha value is -1.04. The van der Waals surface area contributed by atoms with E-state index in [1.54, 1.807) is 26.8 Å². The zero-order chi connectivity index (χ0) is 16.6. The first-order chi connectivity index (χ1) is 10.3. The quantitative estimate of drug-likeness (QED) is 0.311. The predicted molar refractivity (Wildman–Crippen MR) is 88.4 cm³/mol. The van der Waals surface area contributed by atoms with Crippen LogP contribution in [0, 0.1) is 0 Å². The number of ether oxygens (including phenoxy) is 2. The summed E-state index contributed by atoms with van der Waals surface area (Å²) in [6.45, 7) is 5.59. The third-order valence-electron chi connectivity index (χ3n) is 2.45. The van der Waals surface area contributed by atoms with Crippen LogP contribution < -0.4 is 0 Å². The molecule has 0 N–H and O–H groups in total. The third-order valence-corrected chi connectivity index (χ3v) is 4.15. The smallest absolute Gasteiger partial charge is 0.332 e. The van der Waals surface area contributed by atoms with Gasteiger partial charge in [-0.1, -0.05) is 23.7 Å². The minimum Gasteiger partial charge on any atom is -0.458 e. The summed E-state index contributed by atoms with van der Waals surface area (Å²) in [6, 6.07) is 7.36. The van der Waals surface area contributed by atoms with Gasteiger partial charge in [-0.2, -0.15) is 0 Å². The molecule has 0 aliphatic carbocycles. The summed E-state index contributed by atoms with van der Waals surface area (Å²) in [6.07, 6.45) is 1.37. The monoisotopic (exact) mass is 344 g/mol. The Morgan fingerprint density at radius 2 is 2.05 bits per heavy atom. The molecule has 6 heteroatoms. The predicted octanol–water partition coefficient (Wildman–Crippen LogP) is 3.75. The van der Waals surface area contributed by atoms with Gasteiger partial charge in [0.15, 0.2) is 0 Å². The van der Waals surface area contributed by atoms with Crippen molar-refractivity contribution in [1.82, 2.24) is 0 Å². The fraction of sp³-hybridized carbons (Fsp3) is 0.500. The molecule has 0 saturated carbocycles. The maximum atomic E-state index is 11.5. The average molecular weight is 345 g/mol. The second-order valence-corrected chi connectivity index (χ2v) is 7.34. The Labute approximate surface area is 140 Å². The number of benzene rings is 1. The molecule has 0 aliphatic heterocycles. The van der Waals surface area contributed by atoms with Crippen molar-refractivity contribution in [2.45, 2.75) is 42.9 Å². The fourth-order valence-corrected chi connectivity index (χ4v) is 2.79. The van der Waals surface area contributed by atoms with Gasteiger partial charge in [0.05, 0.1) is 10.3 Å². The van der Waals surface area contributed by atoms with Gasteiger partial charge in [0, 0.05) is 11.5 Å². The van der Waals surface area contributed by atoms with E-state index in [2.05, 4.69) is 0 Å². The highest BCUT2D eigenvalue weighted by molar-refractivity contribution is 8.00. The van der Waals surface area contributed by atoms with Crippen molar-refractivity contribution in [2.75, 3.05) is 13.2 Å². The highest BCUT2D eigenvalue weighted by atomic mass is 35.5. The normalized spacial score (nSPS) is 12.7. The van der Waals surface area contributed by atoms with E-state index in [-0.39, 0.29) is 11.9 Å². The number of halogens is 1. The summed E-state index contributed by atoms with van der Waals surface area (Å²) in [5.74, 6) is -0.408. The molecule has 1 aromatic rings. The molecule has 1 aromatic carbocycles. The van der Waals surface area contributed by atoms with Gasteiger partial charge in [0.25, 0.3) is 0 Å². The summed E-state index contributed by atoms with van der Waals surface area (Å²) in [7, 11) is 0. The molecular weight excluding hydrogens is 324 g/mol. The highest BCUT2D eigenvalue weighted by Crippen LogP contribution is 2.30. The molecule has 0 amide bonds. The summed E-state index contributed by atoms with van der Waals surface area (Å²) in [5, 5.41) is 0.354. The van der Waals surface area contributed by atoms with Crippen molar-refractivity contribution in [3.63, 3.8) is 0 Å². The average Bonchev–Trinajstić information content (AvgIpc) is 2.42. The van der Waals surface area contributed by atoms with Crippen LogP contribution in [0.25, 0.3) is 0 Å². The molecule has 0 saturated heterocycles. The first-order valence-corrected chi connectivity index (χ1v) is 8.23. The number of carbonyl (C=O) groups is 2. The minimum absolute atomic E-state index is 0.112. The van der Waals surface area contributed by atoms with Crippen molar-refractivity contribution in [1.29, 1.82) is 0 Å². The van der Waals surface area contributed by atoms with Gasteiger partial charge in [-0.05, 0) is 39.3 Å². The molecule has 0 spiro atoms. The lowest BCUT2D eigenvalue weighted by Gasteiger charge is -2.19. The van der Waals surface area contributed by atoms with Crippen LogP contribution in [0.3, 0.4) is 0 Å². The maximum Gasteiger partial charge on any atom is 0.332 e. The van der Waals surface area contributed by atoms with Gasteiger partial charge in [-0.15, -0.1) is 11.8 Å². The SMILES string of the molecule is CC(C)(C)OC(=O)COCCC(C=O)Sc1ccccc1Cl. The lowest BCUT2D eigenvalue weighted by Crippen LogP contribution is -2.26. The number of hydrogen-bond donors (Lipinski definition) is 0. The maximum absolute atomic E-state index is 11.5. The summed E-state index contributed by atoms with van der Waals surface area (Å²) in [4.78, 5) is 23.4. The van der Waals surface area contributed by atoms with Gasteiger partial charge < -0.3 is 14.3 Å². The van der Waals surface area contributed by atoms with Gasteiger partial charge in [0.2, 0.25) is 0 Å². The number of esters is 1. The van der Waals surface area contributed by atoms with Crippen LogP contribution in [-0.4, -0.2) is 36.3 Å². The van der Waals surface area contributed by atoms with Gasteiger partial charge in [0.1, 0.15) is 18.5 Å². The molecule has 1 atom stereocenters. The Bertz CT molecular complexity index is 499. The van der Waals surface area contributed by atoms with E-state index in [9.17, 15) is 9.59 Å². The van der Waals surface area contributed by atoms with E-state index in [0.717, 1.165) is 11.2 Å². The molecule has 22 heavy (non-hydrogen) atoms. The fourth-order valence-electron chi connectivity index (χ4n) is 1.58. The van der Waals surface area contributed by atoms with Crippen molar-refractivity contribution in [3.8, 4) is 0 Å². The third kappa shape index (κ3) is 7.82. The number of carbonyl (C=O) groups excluding carboxylic acids is 2. The molecule has 0 fully saturated rings. The van der Waals surface area contributed by atoms with E-state index in [0.29, 0.717) is 18.1 Å². The Balaban J connectivity index is 2.32. The first-order valence-electron chi connectivity index (χ1n) is 6.98. The molecule has 4 nitrogen and oxygen atoms in total. The van der Waals surface area contributed by atoms with E-state index >= 15 is 0 Å². The first kappa shape index (κ1) is 19.0. The van der Waals surface area contributed by atoms with Crippen LogP contribution in [0.5, 0.6) is 0 Å². The van der Waals surface area contributed by atoms with Gasteiger partial charge in [-0.25, -0.2) is 4.79 Å². The number of thioether (sulfide) groups is 1. The zero-order valence-corrected chi connectivity index (χ0v) is 14.6. The number of hydrogen-bond acceptors (Lipinski definition) is 5. The van der Waals surface area contributed by atoms with E-state index < -0.39 is 11.6 Å². The lowest BCUT2D eigenvalue weighted by molar-refractivity contribution is -0.160. The zero-order valence-electron chi connectivity index (χ0n) is 13.0. The molecule has 0 radical (unpaired) electrons. The summed E-state index contributed by atoms with van der Waals surface area (Å²) >= 11 is 7.45. The second kappa shape index (κ2) is 9.18. The second-order valence-electron chi connectivity index (χ2n) is 5.65. The number of aldehydes is 1. The van der Waals surface area contributed by atoms with Crippen LogP contribution in [0.2, 0.25) is 5.02 Å². The topological polar surface area (TPSA) is 52.6 Å². The Morgan fingerprint density at radius 3 is 2.64 bits per heavy atom. The standard InChI is InChI=1S/C16H21ClO4S/c1-16(2,3)21-15(19)11-20-9-8-12(10-18)22-14-7-5-4-6-13(14)17/h4-7,10,12H,8-9,11H2,1-3H3. The van der Waals surface area contributed by atoms with Crippen molar-refractivity contribution < 1.29 is 19.1 Å². The van der Waals surface area contributed by atoms with E-state index in [4.69, 9.17) is 21.1 Å². The van der Waals surface area contributed by atoms with Gasteiger partial charge in [-0.3, -0.25) is 0 Å². The summed E-state index contributed by atoms with van der Waals surface area (Å²) in [5.41, 5.74) is -0.522. The molecule has 1 unspecified atom stereocenters. The molecule has 0 aromatic heterocycles. The molecule has 122 valence electrons. The highest BCUT2D eigenvalue weighted by Gasteiger charge is 2.16. The van der Waals surface area contributed by atoms with E-state index in [1.807, 2.05) is 18.2 Å². The molecule has 0 bridgehead atoms. The Kier molecular flexibility index (Phi) is 7.93. The van der Waals surface area contributed by atoms with Crippen molar-refractivity contribution in [2.24, 2.45) is 0 Å². The Morgan fingerprint density at radius 1 is 1.36 bits per heavy atom. The van der Waals surface area contributed by atoms with Gasteiger partial charge >= 0.3 is 5.97 Å². The molecular formula is C16H21ClO4S. The van der Waals surface area contributed by atoms with Crippen LogP contribution >= 0.6 is 23.4 Å². The summed E-state index contributed by atoms with van der Waals surface area (Å²) < 4.78 is 10.4. The molecule has 0 heterocycles. The lowest BCUT2D eigenvalue weighted by atomic mass is 10.2. The molecule has 0 aliphatic rings.